The summed E-state index contributed by atoms with van der Waals surface area (Å²) in [6.07, 6.45) is -4.20. The molecule has 1 aromatic rings. The first kappa shape index (κ1) is 21.1. The van der Waals surface area contributed by atoms with E-state index in [2.05, 4.69) is 5.32 Å². The summed E-state index contributed by atoms with van der Waals surface area (Å²) in [5.74, 6) is -0.108. The van der Waals surface area contributed by atoms with Gasteiger partial charge in [-0.1, -0.05) is 30.3 Å². The van der Waals surface area contributed by atoms with Gasteiger partial charge in [-0.25, -0.2) is 4.79 Å². The average Bonchev–Trinajstić information content (AvgIpc) is 2.93. The third-order valence-electron chi connectivity index (χ3n) is 4.43. The highest BCUT2D eigenvalue weighted by molar-refractivity contribution is 5.80. The molecule has 0 spiro atoms. The van der Waals surface area contributed by atoms with Crippen LogP contribution in [0, 0.1) is 5.92 Å². The van der Waals surface area contributed by atoms with E-state index in [9.17, 15) is 22.8 Å². The number of carbonyl (C=O) groups is 2. The van der Waals surface area contributed by atoms with Crippen LogP contribution in [0.1, 0.15) is 32.8 Å². The number of alkyl halides is 3. The Hall–Kier alpha value is -2.25. The Labute approximate surface area is 157 Å². The third-order valence-corrected chi connectivity index (χ3v) is 4.43. The average molecular weight is 385 g/mol. The van der Waals surface area contributed by atoms with E-state index in [-0.39, 0.29) is 36.9 Å². The van der Waals surface area contributed by atoms with Gasteiger partial charge < -0.3 is 15.1 Å². The lowest BCUT2D eigenvalue weighted by atomic mass is 10.1. The summed E-state index contributed by atoms with van der Waals surface area (Å²) in [6.45, 7) is 4.97. The molecular weight excluding hydrogens is 359 g/mol. The fraction of sp³-hybridized carbons (Fsp3) is 0.579. The predicted molar refractivity (Wildman–Crippen MR) is 95.9 cm³/mol. The highest BCUT2D eigenvalue weighted by atomic mass is 19.4. The Balaban J connectivity index is 1.96. The number of halogens is 3. The molecule has 0 bridgehead atoms. The lowest BCUT2D eigenvalue weighted by Crippen LogP contribution is -2.46. The summed E-state index contributed by atoms with van der Waals surface area (Å²) in [5.41, 5.74) is 0.303. The zero-order chi connectivity index (χ0) is 20.2. The molecule has 0 saturated carbocycles. The van der Waals surface area contributed by atoms with E-state index in [4.69, 9.17) is 0 Å². The SMILES string of the molecule is CC(C)(C)N1C[C@H](CNC(=O)N(Cc2ccccc2)CC(F)(F)F)CC1=O. The van der Waals surface area contributed by atoms with Gasteiger partial charge in [-0.05, 0) is 26.3 Å². The molecule has 1 aromatic carbocycles. The van der Waals surface area contributed by atoms with Crippen molar-refractivity contribution in [2.75, 3.05) is 19.6 Å². The number of amides is 3. The summed E-state index contributed by atoms with van der Waals surface area (Å²) in [7, 11) is 0. The number of hydrogen-bond acceptors (Lipinski definition) is 2. The van der Waals surface area contributed by atoms with Crippen LogP contribution in [0.4, 0.5) is 18.0 Å². The van der Waals surface area contributed by atoms with Crippen LogP contribution in [0.2, 0.25) is 0 Å². The van der Waals surface area contributed by atoms with E-state index >= 15 is 0 Å². The van der Waals surface area contributed by atoms with Crippen LogP contribution < -0.4 is 5.32 Å². The maximum absolute atomic E-state index is 12.9. The van der Waals surface area contributed by atoms with Crippen molar-refractivity contribution in [2.24, 2.45) is 5.92 Å². The highest BCUT2D eigenvalue weighted by Gasteiger charge is 2.37. The number of urea groups is 1. The molecule has 1 heterocycles. The Morgan fingerprint density at radius 1 is 1.22 bits per heavy atom. The Morgan fingerprint density at radius 3 is 2.37 bits per heavy atom. The molecule has 8 heteroatoms. The smallest absolute Gasteiger partial charge is 0.338 e. The zero-order valence-corrected chi connectivity index (χ0v) is 15.8. The van der Waals surface area contributed by atoms with Crippen molar-refractivity contribution >= 4 is 11.9 Å². The summed E-state index contributed by atoms with van der Waals surface area (Å²) in [6, 6.07) is 7.75. The molecule has 1 atom stereocenters. The van der Waals surface area contributed by atoms with Gasteiger partial charge in [0.15, 0.2) is 0 Å². The molecule has 3 amide bonds. The van der Waals surface area contributed by atoms with Crippen molar-refractivity contribution in [3.05, 3.63) is 35.9 Å². The van der Waals surface area contributed by atoms with Gasteiger partial charge in [-0.15, -0.1) is 0 Å². The number of carbonyl (C=O) groups excluding carboxylic acids is 2. The van der Waals surface area contributed by atoms with Gasteiger partial charge in [0.05, 0.1) is 0 Å². The second-order valence-corrected chi connectivity index (χ2v) is 7.89. The van der Waals surface area contributed by atoms with Gasteiger partial charge in [0, 0.05) is 37.5 Å². The molecule has 0 aliphatic carbocycles. The maximum Gasteiger partial charge on any atom is 0.406 e. The molecule has 0 radical (unpaired) electrons. The van der Waals surface area contributed by atoms with Gasteiger partial charge in [-0.3, -0.25) is 4.79 Å². The number of rotatable bonds is 5. The first-order chi connectivity index (χ1) is 12.5. The monoisotopic (exact) mass is 385 g/mol. The van der Waals surface area contributed by atoms with E-state index < -0.39 is 18.8 Å². The standard InChI is InChI=1S/C19H26F3N3O2/c1-18(2,3)25-12-15(9-16(25)26)10-23-17(27)24(13-19(20,21)22)11-14-7-5-4-6-8-14/h4-8,15H,9-13H2,1-3H3,(H,23,27)/t15-/m0/s1. The van der Waals surface area contributed by atoms with Crippen LogP contribution in [0.15, 0.2) is 30.3 Å². The van der Waals surface area contributed by atoms with Crippen molar-refractivity contribution in [1.29, 1.82) is 0 Å². The molecule has 1 aliphatic heterocycles. The summed E-state index contributed by atoms with van der Waals surface area (Å²) < 4.78 is 38.6. The Morgan fingerprint density at radius 2 is 1.85 bits per heavy atom. The van der Waals surface area contributed by atoms with Crippen molar-refractivity contribution in [3.8, 4) is 0 Å². The quantitative estimate of drug-likeness (QED) is 0.845. The van der Waals surface area contributed by atoms with Crippen LogP contribution in [-0.4, -0.2) is 53.1 Å². The predicted octanol–water partition coefficient (Wildman–Crippen LogP) is 3.41. The topological polar surface area (TPSA) is 52.7 Å². The number of likely N-dealkylation sites (tertiary alicyclic amines) is 1. The molecule has 1 saturated heterocycles. The van der Waals surface area contributed by atoms with Crippen molar-refractivity contribution in [1.82, 2.24) is 15.1 Å². The molecule has 1 fully saturated rings. The second-order valence-electron chi connectivity index (χ2n) is 7.89. The van der Waals surface area contributed by atoms with Gasteiger partial charge in [0.25, 0.3) is 0 Å². The fourth-order valence-corrected chi connectivity index (χ4v) is 3.13. The lowest BCUT2D eigenvalue weighted by molar-refractivity contribution is -0.141. The summed E-state index contributed by atoms with van der Waals surface area (Å²) in [5, 5.41) is 2.57. The molecule has 5 nitrogen and oxygen atoms in total. The van der Waals surface area contributed by atoms with Gasteiger partial charge >= 0.3 is 12.2 Å². The van der Waals surface area contributed by atoms with Gasteiger partial charge in [-0.2, -0.15) is 13.2 Å². The molecule has 150 valence electrons. The maximum atomic E-state index is 12.9. The molecule has 1 aliphatic rings. The van der Waals surface area contributed by atoms with E-state index in [0.29, 0.717) is 12.1 Å². The highest BCUT2D eigenvalue weighted by Crippen LogP contribution is 2.25. The number of nitrogens with zero attached hydrogens (tertiary/aromatic N) is 2. The minimum absolute atomic E-state index is 0.00168. The van der Waals surface area contributed by atoms with Crippen LogP contribution in [0.5, 0.6) is 0 Å². The molecule has 2 rings (SSSR count). The minimum atomic E-state index is -4.49. The van der Waals surface area contributed by atoms with E-state index in [0.717, 1.165) is 4.90 Å². The van der Waals surface area contributed by atoms with Crippen LogP contribution in [0.25, 0.3) is 0 Å². The molecule has 27 heavy (non-hydrogen) atoms. The van der Waals surface area contributed by atoms with Crippen LogP contribution in [0.3, 0.4) is 0 Å². The summed E-state index contributed by atoms with van der Waals surface area (Å²) >= 11 is 0. The number of nitrogens with one attached hydrogen (secondary N) is 1. The minimum Gasteiger partial charge on any atom is -0.338 e. The van der Waals surface area contributed by atoms with Gasteiger partial charge in [0.2, 0.25) is 5.91 Å². The molecule has 0 aromatic heterocycles. The van der Waals surface area contributed by atoms with Crippen molar-refractivity contribution in [2.45, 2.75) is 45.5 Å². The number of hydrogen-bond donors (Lipinski definition) is 1. The van der Waals surface area contributed by atoms with Gasteiger partial charge in [0.1, 0.15) is 6.54 Å². The first-order valence-electron chi connectivity index (χ1n) is 8.89. The molecule has 0 unspecified atom stereocenters. The van der Waals surface area contributed by atoms with E-state index in [1.54, 1.807) is 35.2 Å². The Kier molecular flexibility index (Phi) is 6.38. The molecule has 1 N–H and O–H groups in total. The lowest BCUT2D eigenvalue weighted by Gasteiger charge is -2.32. The third kappa shape index (κ3) is 6.45. The second kappa shape index (κ2) is 8.19. The normalized spacial score (nSPS) is 17.9. The van der Waals surface area contributed by atoms with E-state index in [1.165, 1.54) is 0 Å². The zero-order valence-electron chi connectivity index (χ0n) is 15.8. The number of benzene rings is 1. The fourth-order valence-electron chi connectivity index (χ4n) is 3.13. The van der Waals surface area contributed by atoms with E-state index in [1.807, 2.05) is 20.8 Å². The largest absolute Gasteiger partial charge is 0.406 e. The van der Waals surface area contributed by atoms with Crippen LogP contribution >= 0.6 is 0 Å². The molecular formula is C19H26F3N3O2. The summed E-state index contributed by atoms with van der Waals surface area (Å²) in [4.78, 5) is 26.9. The van der Waals surface area contributed by atoms with Crippen molar-refractivity contribution < 1.29 is 22.8 Å². The first-order valence-corrected chi connectivity index (χ1v) is 8.89. The van der Waals surface area contributed by atoms with Crippen molar-refractivity contribution in [3.63, 3.8) is 0 Å². The van der Waals surface area contributed by atoms with Crippen LogP contribution in [-0.2, 0) is 11.3 Å². The Bertz CT molecular complexity index is 656.